The number of hydrogen-bond donors (Lipinski definition) is 1. The van der Waals surface area contributed by atoms with Crippen LogP contribution >= 0.6 is 22.7 Å². The summed E-state index contributed by atoms with van der Waals surface area (Å²) in [7, 11) is 0. The molecular formula is C52H36N2S2. The molecular weight excluding hydrogens is 717 g/mol. The molecule has 0 saturated heterocycles. The third kappa shape index (κ3) is 5.90. The Balaban J connectivity index is 1.09. The van der Waals surface area contributed by atoms with Crippen molar-refractivity contribution >= 4 is 70.5 Å². The fourth-order valence-corrected chi connectivity index (χ4v) is 10.6. The number of nitrogens with zero attached hydrogens (tertiary/aromatic N) is 1. The average molecular weight is 753 g/mol. The van der Waals surface area contributed by atoms with Gasteiger partial charge in [0, 0.05) is 46.4 Å². The molecule has 0 saturated carbocycles. The lowest BCUT2D eigenvalue weighted by molar-refractivity contribution is 0.883. The van der Waals surface area contributed by atoms with Gasteiger partial charge in [-0.3, -0.25) is 4.99 Å². The number of rotatable bonds is 6. The standard InChI is InChI=1S/C52H36N2S2/c1-3-11-33(12-4-1)34-19-21-35(22-20-34)46-32-47(54-52(53-46)36-13-5-2-6-14-36)43-29-37(38-24-27-50-44(30-38)41-15-7-9-17-48(41)55-50)23-26-40(43)39-25-28-51-45(31-39)42-16-8-10-18-49(42)56-51/h1-8,10-16,18-32,47H,9,17H2,(H,53,54). The van der Waals surface area contributed by atoms with Gasteiger partial charge >= 0.3 is 0 Å². The first-order valence-corrected chi connectivity index (χ1v) is 20.9. The summed E-state index contributed by atoms with van der Waals surface area (Å²) in [4.78, 5) is 7.01. The van der Waals surface area contributed by atoms with E-state index < -0.39 is 0 Å². The molecule has 4 heteroatoms. The smallest absolute Gasteiger partial charge is 0.133 e. The number of allylic oxidation sites excluding steroid dienone is 1. The second kappa shape index (κ2) is 13.8. The Kier molecular flexibility index (Phi) is 8.12. The van der Waals surface area contributed by atoms with Gasteiger partial charge in [0.2, 0.25) is 0 Å². The molecule has 266 valence electrons. The minimum absolute atomic E-state index is 0.235. The lowest BCUT2D eigenvalue weighted by Gasteiger charge is -2.25. The zero-order valence-electron chi connectivity index (χ0n) is 30.6. The zero-order valence-corrected chi connectivity index (χ0v) is 32.2. The topological polar surface area (TPSA) is 24.4 Å². The van der Waals surface area contributed by atoms with Crippen LogP contribution in [-0.2, 0) is 6.42 Å². The third-order valence-corrected chi connectivity index (χ3v) is 13.6. The number of aliphatic imine (C=N–C) groups is 1. The van der Waals surface area contributed by atoms with Gasteiger partial charge in [0.15, 0.2) is 0 Å². The molecule has 56 heavy (non-hydrogen) atoms. The molecule has 1 aliphatic carbocycles. The SMILES string of the molecule is C1=Cc2c(sc3ccc(-c4ccc(-c5ccc6sc7ccccc7c6c5)c(C5C=C(c6ccc(-c7ccccc7)cc6)NC(c6ccccc6)=N5)c4)cc23)CC1. The van der Waals surface area contributed by atoms with Crippen LogP contribution in [0.2, 0.25) is 0 Å². The summed E-state index contributed by atoms with van der Waals surface area (Å²) in [6.07, 6.45) is 9.21. The summed E-state index contributed by atoms with van der Waals surface area (Å²) in [6.45, 7) is 0. The summed E-state index contributed by atoms with van der Waals surface area (Å²) in [5.41, 5.74) is 13.1. The van der Waals surface area contributed by atoms with Gasteiger partial charge in [0.05, 0.1) is 6.04 Å². The number of nitrogens with one attached hydrogen (secondary N) is 1. The maximum atomic E-state index is 5.51. The zero-order chi connectivity index (χ0) is 37.0. The van der Waals surface area contributed by atoms with Crippen molar-refractivity contribution in [2.75, 3.05) is 0 Å². The molecule has 1 unspecified atom stereocenters. The number of amidine groups is 1. The highest BCUT2D eigenvalue weighted by Crippen LogP contribution is 2.43. The molecule has 1 N–H and O–H groups in total. The van der Waals surface area contributed by atoms with Crippen LogP contribution in [0.5, 0.6) is 0 Å². The van der Waals surface area contributed by atoms with Crippen LogP contribution < -0.4 is 5.32 Å². The number of fused-ring (bicyclic) bond motifs is 6. The van der Waals surface area contributed by atoms with Crippen molar-refractivity contribution in [3.05, 3.63) is 203 Å². The van der Waals surface area contributed by atoms with Crippen molar-refractivity contribution < 1.29 is 0 Å². The van der Waals surface area contributed by atoms with E-state index in [9.17, 15) is 0 Å². The minimum atomic E-state index is -0.235. The number of hydrogen-bond acceptors (Lipinski definition) is 4. The van der Waals surface area contributed by atoms with Crippen molar-refractivity contribution in [3.8, 4) is 33.4 Å². The molecule has 0 spiro atoms. The molecule has 2 aromatic heterocycles. The van der Waals surface area contributed by atoms with Crippen molar-refractivity contribution in [1.29, 1.82) is 0 Å². The van der Waals surface area contributed by atoms with E-state index in [2.05, 4.69) is 187 Å². The van der Waals surface area contributed by atoms with Crippen molar-refractivity contribution in [2.24, 2.45) is 4.99 Å². The molecule has 9 aromatic rings. The first-order valence-electron chi connectivity index (χ1n) is 19.3. The predicted octanol–water partition coefficient (Wildman–Crippen LogP) is 14.4. The molecule has 2 nitrogen and oxygen atoms in total. The molecule has 1 aliphatic heterocycles. The van der Waals surface area contributed by atoms with E-state index >= 15 is 0 Å². The molecule has 0 radical (unpaired) electrons. The van der Waals surface area contributed by atoms with Crippen molar-refractivity contribution in [2.45, 2.75) is 18.9 Å². The second-order valence-corrected chi connectivity index (χ2v) is 16.9. The van der Waals surface area contributed by atoms with E-state index in [1.165, 1.54) is 79.6 Å². The van der Waals surface area contributed by atoms with Crippen molar-refractivity contribution in [3.63, 3.8) is 0 Å². The van der Waals surface area contributed by atoms with E-state index in [0.717, 1.165) is 35.5 Å². The Labute approximate surface area is 334 Å². The van der Waals surface area contributed by atoms with Crippen LogP contribution in [0.15, 0.2) is 181 Å². The second-order valence-electron chi connectivity index (χ2n) is 14.6. The monoisotopic (exact) mass is 752 g/mol. The summed E-state index contributed by atoms with van der Waals surface area (Å²) in [6, 6.07) is 59.5. The average Bonchev–Trinajstić information content (AvgIpc) is 3.84. The lowest BCUT2D eigenvalue weighted by Crippen LogP contribution is -2.27. The first kappa shape index (κ1) is 33.0. The number of aryl methyl sites for hydroxylation is 1. The highest BCUT2D eigenvalue weighted by atomic mass is 32.1. The van der Waals surface area contributed by atoms with Gasteiger partial charge in [0.25, 0.3) is 0 Å². The van der Waals surface area contributed by atoms with Crippen LogP contribution in [0, 0.1) is 0 Å². The largest absolute Gasteiger partial charge is 0.340 e. The van der Waals surface area contributed by atoms with Gasteiger partial charge in [-0.15, -0.1) is 22.7 Å². The van der Waals surface area contributed by atoms with E-state index in [1.54, 1.807) is 0 Å². The van der Waals surface area contributed by atoms with Gasteiger partial charge in [-0.05, 0) is 105 Å². The Morgan fingerprint density at radius 3 is 1.96 bits per heavy atom. The maximum Gasteiger partial charge on any atom is 0.133 e. The lowest BCUT2D eigenvalue weighted by atomic mass is 9.89. The highest BCUT2D eigenvalue weighted by molar-refractivity contribution is 7.25. The van der Waals surface area contributed by atoms with Crippen LogP contribution in [0.4, 0.5) is 0 Å². The molecule has 1 atom stereocenters. The van der Waals surface area contributed by atoms with Crippen LogP contribution in [-0.4, -0.2) is 5.84 Å². The summed E-state index contributed by atoms with van der Waals surface area (Å²) in [5, 5.41) is 7.70. The van der Waals surface area contributed by atoms with Crippen LogP contribution in [0.3, 0.4) is 0 Å². The minimum Gasteiger partial charge on any atom is -0.340 e. The van der Waals surface area contributed by atoms with E-state index in [4.69, 9.17) is 4.99 Å². The van der Waals surface area contributed by atoms with E-state index in [1.807, 2.05) is 22.7 Å². The van der Waals surface area contributed by atoms with Gasteiger partial charge < -0.3 is 5.32 Å². The summed E-state index contributed by atoms with van der Waals surface area (Å²) >= 11 is 3.80. The Morgan fingerprint density at radius 2 is 1.12 bits per heavy atom. The maximum absolute atomic E-state index is 5.51. The number of thiophene rings is 2. The number of benzene rings is 7. The Bertz CT molecular complexity index is 3040. The third-order valence-electron chi connectivity index (χ3n) is 11.2. The van der Waals surface area contributed by atoms with Crippen molar-refractivity contribution in [1.82, 2.24) is 5.32 Å². The quantitative estimate of drug-likeness (QED) is 0.180. The highest BCUT2D eigenvalue weighted by Gasteiger charge is 2.24. The van der Waals surface area contributed by atoms with E-state index in [-0.39, 0.29) is 6.04 Å². The molecule has 0 bridgehead atoms. The Morgan fingerprint density at radius 1 is 0.500 bits per heavy atom. The van der Waals surface area contributed by atoms with Gasteiger partial charge in [-0.2, -0.15) is 0 Å². The molecule has 3 heterocycles. The fraction of sp³-hybridized carbons (Fsp3) is 0.0577. The summed E-state index contributed by atoms with van der Waals surface area (Å²) < 4.78 is 3.99. The Hall–Kier alpha value is -6.33. The van der Waals surface area contributed by atoms with Crippen LogP contribution in [0.25, 0.3) is 75.4 Å². The molecule has 0 amide bonds. The van der Waals surface area contributed by atoms with Gasteiger partial charge in [-0.1, -0.05) is 140 Å². The van der Waals surface area contributed by atoms with Crippen LogP contribution in [0.1, 0.15) is 39.6 Å². The molecule has 0 fully saturated rings. The first-order chi connectivity index (χ1) is 27.7. The predicted molar refractivity (Wildman–Crippen MR) is 242 cm³/mol. The molecule has 2 aliphatic rings. The normalized spacial score (nSPS) is 15.1. The van der Waals surface area contributed by atoms with Gasteiger partial charge in [0.1, 0.15) is 5.84 Å². The molecule has 11 rings (SSSR count). The fourth-order valence-electron chi connectivity index (χ4n) is 8.35. The van der Waals surface area contributed by atoms with Gasteiger partial charge in [-0.25, -0.2) is 0 Å². The summed E-state index contributed by atoms with van der Waals surface area (Å²) in [5.74, 6) is 0.869. The molecule has 7 aromatic carbocycles. The van der Waals surface area contributed by atoms with E-state index in [0.29, 0.717) is 0 Å².